The first-order valence-electron chi connectivity index (χ1n) is 10.3. The van der Waals surface area contributed by atoms with E-state index in [4.69, 9.17) is 4.74 Å². The van der Waals surface area contributed by atoms with E-state index in [2.05, 4.69) is 34.3 Å². The van der Waals surface area contributed by atoms with Gasteiger partial charge in [-0.3, -0.25) is 14.4 Å². The average molecular weight is 399 g/mol. The van der Waals surface area contributed by atoms with Crippen molar-refractivity contribution in [2.45, 2.75) is 31.5 Å². The van der Waals surface area contributed by atoms with Gasteiger partial charge in [0.25, 0.3) is 0 Å². The SMILES string of the molecule is COCC(=O)N1CC[C@]2(O)CCN(Cc3ccc(Cn4cccn4)cc3)C[C@@H]2C1. The van der Waals surface area contributed by atoms with Crippen LogP contribution in [0.3, 0.4) is 0 Å². The van der Waals surface area contributed by atoms with Crippen LogP contribution in [0.4, 0.5) is 0 Å². The lowest BCUT2D eigenvalue weighted by Crippen LogP contribution is -2.60. The summed E-state index contributed by atoms with van der Waals surface area (Å²) in [5.41, 5.74) is 1.85. The fraction of sp³-hybridized carbons (Fsp3) is 0.545. The lowest BCUT2D eigenvalue weighted by atomic mass is 9.75. The maximum Gasteiger partial charge on any atom is 0.248 e. The number of benzene rings is 1. The van der Waals surface area contributed by atoms with Crippen molar-refractivity contribution in [1.29, 1.82) is 0 Å². The predicted molar refractivity (Wildman–Crippen MR) is 109 cm³/mol. The molecule has 1 N–H and O–H groups in total. The summed E-state index contributed by atoms with van der Waals surface area (Å²) < 4.78 is 6.91. The molecule has 2 aliphatic heterocycles. The van der Waals surface area contributed by atoms with Crippen LogP contribution in [0, 0.1) is 5.92 Å². The second kappa shape index (κ2) is 8.65. The molecule has 7 nitrogen and oxygen atoms in total. The average Bonchev–Trinajstić information content (AvgIpc) is 3.22. The summed E-state index contributed by atoms with van der Waals surface area (Å²) in [7, 11) is 1.54. The Morgan fingerprint density at radius 3 is 2.59 bits per heavy atom. The summed E-state index contributed by atoms with van der Waals surface area (Å²) in [5.74, 6) is 0.101. The van der Waals surface area contributed by atoms with Gasteiger partial charge in [0, 0.05) is 58.1 Å². The Bertz CT molecular complexity index is 808. The fourth-order valence-corrected chi connectivity index (χ4v) is 4.55. The molecule has 4 rings (SSSR count). The standard InChI is InChI=1S/C22H30N4O3/c1-29-17-21(27)25-12-8-22(28)7-11-24(15-20(22)16-25)13-18-3-5-19(6-4-18)14-26-10-2-9-23-26/h2-6,9-10,20,28H,7-8,11-17H2,1H3/t20-,22-/m1/s1. The Hall–Kier alpha value is -2.22. The van der Waals surface area contributed by atoms with Crippen LogP contribution in [0.15, 0.2) is 42.7 Å². The summed E-state index contributed by atoms with van der Waals surface area (Å²) in [5, 5.41) is 15.3. The van der Waals surface area contributed by atoms with Gasteiger partial charge in [-0.2, -0.15) is 5.10 Å². The molecule has 1 aromatic carbocycles. The number of rotatable bonds is 6. The van der Waals surface area contributed by atoms with E-state index in [1.165, 1.54) is 11.1 Å². The summed E-state index contributed by atoms with van der Waals surface area (Å²) in [6.45, 7) is 4.67. The zero-order valence-corrected chi connectivity index (χ0v) is 17.0. The number of carbonyl (C=O) groups excluding carboxylic acids is 1. The molecule has 0 aliphatic carbocycles. The number of ether oxygens (including phenoxy) is 1. The molecule has 2 saturated heterocycles. The highest BCUT2D eigenvalue weighted by Gasteiger charge is 2.45. The first-order chi connectivity index (χ1) is 14.1. The molecule has 3 heterocycles. The van der Waals surface area contributed by atoms with Crippen molar-refractivity contribution in [2.75, 3.05) is 39.9 Å². The molecule has 2 aliphatic rings. The van der Waals surface area contributed by atoms with Crippen LogP contribution < -0.4 is 0 Å². The number of piperidine rings is 2. The van der Waals surface area contributed by atoms with Gasteiger partial charge in [-0.25, -0.2) is 0 Å². The molecule has 2 aromatic rings. The van der Waals surface area contributed by atoms with Crippen molar-refractivity contribution >= 4 is 5.91 Å². The van der Waals surface area contributed by atoms with Crippen LogP contribution in [0.5, 0.6) is 0 Å². The number of methoxy groups -OCH3 is 1. The normalized spacial score (nSPS) is 25.0. The van der Waals surface area contributed by atoms with E-state index in [0.29, 0.717) is 19.5 Å². The van der Waals surface area contributed by atoms with Gasteiger partial charge in [0.2, 0.25) is 5.91 Å². The lowest BCUT2D eigenvalue weighted by molar-refractivity contribution is -0.150. The summed E-state index contributed by atoms with van der Waals surface area (Å²) in [4.78, 5) is 16.4. The van der Waals surface area contributed by atoms with Gasteiger partial charge in [-0.1, -0.05) is 24.3 Å². The maximum atomic E-state index is 12.2. The highest BCUT2D eigenvalue weighted by Crippen LogP contribution is 2.36. The zero-order valence-electron chi connectivity index (χ0n) is 17.0. The van der Waals surface area contributed by atoms with Crippen molar-refractivity contribution in [2.24, 2.45) is 5.92 Å². The number of aromatic nitrogens is 2. The van der Waals surface area contributed by atoms with Crippen molar-refractivity contribution < 1.29 is 14.6 Å². The Balaban J connectivity index is 1.35. The van der Waals surface area contributed by atoms with E-state index >= 15 is 0 Å². The molecule has 7 heteroatoms. The smallest absolute Gasteiger partial charge is 0.248 e. The number of aliphatic hydroxyl groups is 1. The molecule has 1 aromatic heterocycles. The first kappa shape index (κ1) is 20.1. The molecule has 0 bridgehead atoms. The number of hydrogen-bond acceptors (Lipinski definition) is 5. The number of hydrogen-bond donors (Lipinski definition) is 1. The molecular weight excluding hydrogens is 368 g/mol. The number of carbonyl (C=O) groups is 1. The van der Waals surface area contributed by atoms with Gasteiger partial charge in [0.05, 0.1) is 12.1 Å². The van der Waals surface area contributed by atoms with Gasteiger partial charge < -0.3 is 14.7 Å². The van der Waals surface area contributed by atoms with Gasteiger partial charge in [0.1, 0.15) is 6.61 Å². The first-order valence-corrected chi connectivity index (χ1v) is 10.3. The van der Waals surface area contributed by atoms with Crippen molar-refractivity contribution in [1.82, 2.24) is 19.6 Å². The van der Waals surface area contributed by atoms with Crippen LogP contribution >= 0.6 is 0 Å². The number of amides is 1. The van der Waals surface area contributed by atoms with E-state index in [0.717, 1.165) is 32.6 Å². The molecule has 0 radical (unpaired) electrons. The lowest BCUT2D eigenvalue weighted by Gasteiger charge is -2.50. The third-order valence-corrected chi connectivity index (χ3v) is 6.31. The van der Waals surface area contributed by atoms with E-state index < -0.39 is 5.60 Å². The molecule has 2 fully saturated rings. The third-order valence-electron chi connectivity index (χ3n) is 6.31. The van der Waals surface area contributed by atoms with Gasteiger partial charge in [0.15, 0.2) is 0 Å². The Labute approximate surface area is 171 Å². The minimum absolute atomic E-state index is 0.0134. The van der Waals surface area contributed by atoms with Crippen LogP contribution in [0.25, 0.3) is 0 Å². The monoisotopic (exact) mass is 398 g/mol. The fourth-order valence-electron chi connectivity index (χ4n) is 4.55. The van der Waals surface area contributed by atoms with Crippen LogP contribution in [-0.2, 0) is 22.6 Å². The quantitative estimate of drug-likeness (QED) is 0.796. The largest absolute Gasteiger partial charge is 0.389 e. The minimum Gasteiger partial charge on any atom is -0.389 e. The van der Waals surface area contributed by atoms with E-state index in [1.807, 2.05) is 21.8 Å². The third kappa shape index (κ3) is 4.69. The summed E-state index contributed by atoms with van der Waals surface area (Å²) >= 11 is 0. The van der Waals surface area contributed by atoms with E-state index in [-0.39, 0.29) is 18.4 Å². The Morgan fingerprint density at radius 2 is 1.90 bits per heavy atom. The van der Waals surface area contributed by atoms with Gasteiger partial charge >= 0.3 is 0 Å². The van der Waals surface area contributed by atoms with Crippen LogP contribution in [0.2, 0.25) is 0 Å². The molecule has 0 spiro atoms. The summed E-state index contributed by atoms with van der Waals surface area (Å²) in [6.07, 6.45) is 5.18. The molecule has 29 heavy (non-hydrogen) atoms. The maximum absolute atomic E-state index is 12.2. The molecule has 0 unspecified atom stereocenters. The molecule has 0 saturated carbocycles. The molecule has 2 atom stereocenters. The van der Waals surface area contributed by atoms with E-state index in [9.17, 15) is 9.90 Å². The second-order valence-corrected chi connectivity index (χ2v) is 8.33. The van der Waals surface area contributed by atoms with Crippen molar-refractivity contribution in [3.63, 3.8) is 0 Å². The molecular formula is C22H30N4O3. The second-order valence-electron chi connectivity index (χ2n) is 8.33. The van der Waals surface area contributed by atoms with Gasteiger partial charge in [-0.15, -0.1) is 0 Å². The Morgan fingerprint density at radius 1 is 1.17 bits per heavy atom. The Kier molecular flexibility index (Phi) is 5.99. The van der Waals surface area contributed by atoms with Crippen LogP contribution in [-0.4, -0.2) is 76.1 Å². The highest BCUT2D eigenvalue weighted by molar-refractivity contribution is 5.77. The number of fused-ring (bicyclic) bond motifs is 1. The van der Waals surface area contributed by atoms with Crippen molar-refractivity contribution in [3.8, 4) is 0 Å². The molecule has 1 amide bonds. The topological polar surface area (TPSA) is 70.8 Å². The number of nitrogens with zero attached hydrogens (tertiary/aromatic N) is 4. The zero-order chi connectivity index (χ0) is 20.3. The van der Waals surface area contributed by atoms with Crippen LogP contribution in [0.1, 0.15) is 24.0 Å². The highest BCUT2D eigenvalue weighted by atomic mass is 16.5. The van der Waals surface area contributed by atoms with Gasteiger partial charge in [-0.05, 0) is 30.0 Å². The summed E-state index contributed by atoms with van der Waals surface area (Å²) in [6, 6.07) is 10.6. The number of likely N-dealkylation sites (tertiary alicyclic amines) is 2. The van der Waals surface area contributed by atoms with Crippen molar-refractivity contribution in [3.05, 3.63) is 53.9 Å². The predicted octanol–water partition coefficient (Wildman–Crippen LogP) is 1.36. The molecule has 156 valence electrons. The van der Waals surface area contributed by atoms with E-state index in [1.54, 1.807) is 13.3 Å². The minimum atomic E-state index is -0.645.